The minimum atomic E-state index is 0.112. The molecule has 0 unspecified atom stereocenters. The molecule has 0 aromatic heterocycles. The van der Waals surface area contributed by atoms with Crippen LogP contribution in [0, 0.1) is 0 Å². The Bertz CT molecular complexity index is 311. The number of rotatable bonds is 4. The lowest BCUT2D eigenvalue weighted by Gasteiger charge is -2.22. The number of hydrogen-bond donors (Lipinski definition) is 2. The summed E-state index contributed by atoms with van der Waals surface area (Å²) in [5.41, 5.74) is 2.16. The molecule has 2 heterocycles. The van der Waals surface area contributed by atoms with Crippen molar-refractivity contribution in [2.45, 2.75) is 32.6 Å². The predicted molar refractivity (Wildman–Crippen MR) is 73.5 cm³/mol. The fourth-order valence-electron chi connectivity index (χ4n) is 2.50. The van der Waals surface area contributed by atoms with Crippen molar-refractivity contribution in [1.29, 1.82) is 0 Å². The Morgan fingerprint density at radius 3 is 2.44 bits per heavy atom. The van der Waals surface area contributed by atoms with Crippen LogP contribution in [0.4, 0.5) is 0 Å². The van der Waals surface area contributed by atoms with Crippen LogP contribution < -0.4 is 10.6 Å². The average molecular weight is 251 g/mol. The van der Waals surface area contributed by atoms with Crippen LogP contribution in [0.5, 0.6) is 0 Å². The summed E-state index contributed by atoms with van der Waals surface area (Å²) in [7, 11) is 0. The van der Waals surface area contributed by atoms with Gasteiger partial charge in [-0.15, -0.1) is 0 Å². The Kier molecular flexibility index (Phi) is 5.20. The highest BCUT2D eigenvalue weighted by atomic mass is 16.1. The second-order valence-corrected chi connectivity index (χ2v) is 5.34. The largest absolute Gasteiger partial charge is 0.351 e. The zero-order chi connectivity index (χ0) is 12.8. The third kappa shape index (κ3) is 3.82. The van der Waals surface area contributed by atoms with Crippen molar-refractivity contribution >= 4 is 5.91 Å². The zero-order valence-electron chi connectivity index (χ0n) is 11.4. The third-order valence-electron chi connectivity index (χ3n) is 3.96. The molecular weight excluding hydrogens is 226 g/mol. The topological polar surface area (TPSA) is 44.4 Å². The fraction of sp³-hybridized carbons (Fsp3) is 0.786. The van der Waals surface area contributed by atoms with Crippen LogP contribution in [-0.2, 0) is 4.79 Å². The monoisotopic (exact) mass is 251 g/mol. The van der Waals surface area contributed by atoms with Gasteiger partial charge in [-0.2, -0.15) is 0 Å². The van der Waals surface area contributed by atoms with E-state index in [-0.39, 0.29) is 5.91 Å². The second-order valence-electron chi connectivity index (χ2n) is 5.34. The molecule has 0 bridgehead atoms. The highest BCUT2D eigenvalue weighted by Gasteiger charge is 2.16. The van der Waals surface area contributed by atoms with Crippen molar-refractivity contribution in [3.05, 3.63) is 11.1 Å². The van der Waals surface area contributed by atoms with Crippen molar-refractivity contribution in [3.8, 4) is 0 Å². The van der Waals surface area contributed by atoms with E-state index in [1.54, 1.807) is 0 Å². The Hall–Kier alpha value is -0.870. The Morgan fingerprint density at radius 1 is 1.22 bits per heavy atom. The SMILES string of the molecule is CC(C(=O)NCCN1CCCCCC1)=C1CNC1. The molecule has 0 atom stereocenters. The van der Waals surface area contributed by atoms with Crippen LogP contribution in [0.15, 0.2) is 11.1 Å². The standard InChI is InChI=1S/C14H25N3O/c1-12(13-10-15-11-13)14(18)16-6-9-17-7-4-2-3-5-8-17/h15H,2-11H2,1H3,(H,16,18). The second kappa shape index (κ2) is 6.90. The van der Waals surface area contributed by atoms with E-state index in [0.717, 1.165) is 31.8 Å². The van der Waals surface area contributed by atoms with E-state index in [2.05, 4.69) is 15.5 Å². The maximum absolute atomic E-state index is 11.9. The van der Waals surface area contributed by atoms with Gasteiger partial charge in [0.25, 0.3) is 0 Å². The summed E-state index contributed by atoms with van der Waals surface area (Å²) in [5, 5.41) is 6.20. The van der Waals surface area contributed by atoms with E-state index in [0.29, 0.717) is 0 Å². The molecule has 18 heavy (non-hydrogen) atoms. The Morgan fingerprint density at radius 2 is 1.89 bits per heavy atom. The summed E-state index contributed by atoms with van der Waals surface area (Å²) in [5.74, 6) is 0.112. The molecule has 0 spiro atoms. The molecule has 0 aromatic rings. The van der Waals surface area contributed by atoms with Gasteiger partial charge >= 0.3 is 0 Å². The number of nitrogens with zero attached hydrogens (tertiary/aromatic N) is 1. The molecule has 0 saturated carbocycles. The normalized spacial score (nSPS) is 21.1. The minimum absolute atomic E-state index is 0.112. The molecule has 2 aliphatic heterocycles. The molecule has 2 aliphatic rings. The van der Waals surface area contributed by atoms with Crippen molar-refractivity contribution in [2.75, 3.05) is 39.3 Å². The average Bonchev–Trinajstić information content (AvgIpc) is 2.55. The lowest BCUT2D eigenvalue weighted by atomic mass is 10.0. The summed E-state index contributed by atoms with van der Waals surface area (Å²) in [6.07, 6.45) is 5.34. The number of amides is 1. The first-order valence-electron chi connectivity index (χ1n) is 7.17. The highest BCUT2D eigenvalue weighted by molar-refractivity contribution is 5.93. The maximum atomic E-state index is 11.9. The molecule has 4 heteroatoms. The molecule has 2 N–H and O–H groups in total. The molecule has 2 fully saturated rings. The van der Waals surface area contributed by atoms with Crippen LogP contribution in [0.25, 0.3) is 0 Å². The number of hydrogen-bond acceptors (Lipinski definition) is 3. The maximum Gasteiger partial charge on any atom is 0.247 e. The minimum Gasteiger partial charge on any atom is -0.351 e. The van der Waals surface area contributed by atoms with E-state index in [1.807, 2.05) is 6.92 Å². The summed E-state index contributed by atoms with van der Waals surface area (Å²) in [6, 6.07) is 0. The number of likely N-dealkylation sites (tertiary alicyclic amines) is 1. The molecule has 1 amide bonds. The number of carbonyl (C=O) groups excluding carboxylic acids is 1. The Labute approximate surface area is 110 Å². The summed E-state index contributed by atoms with van der Waals surface area (Å²) < 4.78 is 0. The van der Waals surface area contributed by atoms with Gasteiger partial charge < -0.3 is 15.5 Å². The zero-order valence-corrected chi connectivity index (χ0v) is 11.4. The summed E-state index contributed by atoms with van der Waals surface area (Å²) >= 11 is 0. The van der Waals surface area contributed by atoms with Crippen LogP contribution >= 0.6 is 0 Å². The Balaban J connectivity index is 1.66. The van der Waals surface area contributed by atoms with Crippen LogP contribution in [-0.4, -0.2) is 50.1 Å². The van der Waals surface area contributed by atoms with Gasteiger partial charge in [0.05, 0.1) is 0 Å². The van der Waals surface area contributed by atoms with Crippen molar-refractivity contribution in [1.82, 2.24) is 15.5 Å². The van der Waals surface area contributed by atoms with Crippen LogP contribution in [0.1, 0.15) is 32.6 Å². The lowest BCUT2D eigenvalue weighted by molar-refractivity contribution is -0.117. The molecule has 0 radical (unpaired) electrons. The first-order chi connectivity index (χ1) is 8.77. The van der Waals surface area contributed by atoms with E-state index in [4.69, 9.17) is 0 Å². The summed E-state index contributed by atoms with van der Waals surface area (Å²) in [6.45, 7) is 7.84. The molecule has 0 aliphatic carbocycles. The molecule has 2 rings (SSSR count). The first-order valence-corrected chi connectivity index (χ1v) is 7.17. The van der Waals surface area contributed by atoms with E-state index in [9.17, 15) is 4.79 Å². The smallest absolute Gasteiger partial charge is 0.247 e. The molecule has 102 valence electrons. The number of nitrogens with one attached hydrogen (secondary N) is 2. The fourth-order valence-corrected chi connectivity index (χ4v) is 2.50. The first kappa shape index (κ1) is 13.6. The summed E-state index contributed by atoms with van der Waals surface area (Å²) in [4.78, 5) is 14.3. The molecule has 0 aromatic carbocycles. The van der Waals surface area contributed by atoms with Gasteiger partial charge in [-0.25, -0.2) is 0 Å². The van der Waals surface area contributed by atoms with Gasteiger partial charge in [-0.05, 0) is 38.4 Å². The van der Waals surface area contributed by atoms with Gasteiger partial charge in [0.2, 0.25) is 5.91 Å². The lowest BCUT2D eigenvalue weighted by Crippen LogP contribution is -2.39. The van der Waals surface area contributed by atoms with Gasteiger partial charge in [-0.3, -0.25) is 4.79 Å². The van der Waals surface area contributed by atoms with Gasteiger partial charge in [0.1, 0.15) is 0 Å². The van der Waals surface area contributed by atoms with E-state index in [1.165, 1.54) is 44.3 Å². The van der Waals surface area contributed by atoms with Crippen molar-refractivity contribution in [3.63, 3.8) is 0 Å². The van der Waals surface area contributed by atoms with Gasteiger partial charge in [0, 0.05) is 31.8 Å². The van der Waals surface area contributed by atoms with Crippen molar-refractivity contribution < 1.29 is 4.79 Å². The van der Waals surface area contributed by atoms with E-state index < -0.39 is 0 Å². The van der Waals surface area contributed by atoms with Crippen LogP contribution in [0.2, 0.25) is 0 Å². The quantitative estimate of drug-likeness (QED) is 0.730. The van der Waals surface area contributed by atoms with Gasteiger partial charge in [-0.1, -0.05) is 12.8 Å². The van der Waals surface area contributed by atoms with Crippen LogP contribution in [0.3, 0.4) is 0 Å². The van der Waals surface area contributed by atoms with Gasteiger partial charge in [0.15, 0.2) is 0 Å². The van der Waals surface area contributed by atoms with Crippen molar-refractivity contribution in [2.24, 2.45) is 0 Å². The molecule has 2 saturated heterocycles. The highest BCUT2D eigenvalue weighted by Crippen LogP contribution is 2.10. The molecule has 4 nitrogen and oxygen atoms in total. The van der Waals surface area contributed by atoms with E-state index >= 15 is 0 Å². The third-order valence-corrected chi connectivity index (χ3v) is 3.96. The number of carbonyl (C=O) groups is 1. The predicted octanol–water partition coefficient (Wildman–Crippen LogP) is 0.898. The molecular formula is C14H25N3O.